The molecule has 1 aromatic heterocycles. The average Bonchev–Trinajstić information content (AvgIpc) is 3.08. The predicted molar refractivity (Wildman–Crippen MR) is 124 cm³/mol. The van der Waals surface area contributed by atoms with Crippen LogP contribution in [-0.2, 0) is 23.7 Å². The summed E-state index contributed by atoms with van der Waals surface area (Å²) in [5.74, 6) is 1.13. The Kier molecular flexibility index (Phi) is 6.98. The van der Waals surface area contributed by atoms with Gasteiger partial charge in [-0.2, -0.15) is 0 Å². The van der Waals surface area contributed by atoms with E-state index < -0.39 is 0 Å². The first-order valence-electron chi connectivity index (χ1n) is 10.2. The number of rotatable bonds is 7. The van der Waals surface area contributed by atoms with E-state index in [4.69, 9.17) is 0 Å². The molecule has 0 bridgehead atoms. The minimum absolute atomic E-state index is 0.00710. The van der Waals surface area contributed by atoms with Crippen molar-refractivity contribution in [3.05, 3.63) is 65.2 Å². The van der Waals surface area contributed by atoms with Gasteiger partial charge in [0.1, 0.15) is 0 Å². The van der Waals surface area contributed by atoms with Crippen molar-refractivity contribution >= 4 is 17.7 Å². The second kappa shape index (κ2) is 9.47. The molecule has 0 aliphatic rings. The standard InChI is InChI=1S/C24H30N4OS/c1-17-8-6-7-9-18(17)14-15-25-21(29)16-30-23-27-26-22(28(23)5)19-10-12-20(13-11-19)24(2,3)4/h6-13H,14-16H2,1-5H3,(H,25,29). The van der Waals surface area contributed by atoms with Crippen LogP contribution in [0, 0.1) is 6.92 Å². The van der Waals surface area contributed by atoms with Gasteiger partial charge < -0.3 is 9.88 Å². The summed E-state index contributed by atoms with van der Waals surface area (Å²) in [5, 5.41) is 12.3. The molecule has 2 aromatic carbocycles. The molecule has 0 aliphatic heterocycles. The Labute approximate surface area is 183 Å². The summed E-state index contributed by atoms with van der Waals surface area (Å²) in [4.78, 5) is 12.2. The minimum Gasteiger partial charge on any atom is -0.355 e. The van der Waals surface area contributed by atoms with Crippen molar-refractivity contribution in [2.24, 2.45) is 7.05 Å². The van der Waals surface area contributed by atoms with E-state index >= 15 is 0 Å². The number of aromatic nitrogens is 3. The average molecular weight is 423 g/mol. The van der Waals surface area contributed by atoms with Crippen molar-refractivity contribution < 1.29 is 4.79 Å². The van der Waals surface area contributed by atoms with Crippen molar-refractivity contribution in [1.29, 1.82) is 0 Å². The summed E-state index contributed by atoms with van der Waals surface area (Å²) in [6.45, 7) is 9.32. The SMILES string of the molecule is Cc1ccccc1CCNC(=O)CSc1nnc(-c2ccc(C(C)(C)C)cc2)n1C. The molecule has 0 saturated carbocycles. The molecule has 0 saturated heterocycles. The van der Waals surface area contributed by atoms with Crippen LogP contribution in [-0.4, -0.2) is 33.0 Å². The smallest absolute Gasteiger partial charge is 0.230 e. The Balaban J connectivity index is 1.53. The van der Waals surface area contributed by atoms with Crippen LogP contribution in [0.15, 0.2) is 53.7 Å². The third-order valence-electron chi connectivity index (χ3n) is 5.15. The zero-order chi connectivity index (χ0) is 21.7. The van der Waals surface area contributed by atoms with E-state index in [1.807, 2.05) is 23.7 Å². The topological polar surface area (TPSA) is 59.8 Å². The molecule has 0 fully saturated rings. The Hall–Kier alpha value is -2.60. The molecule has 1 heterocycles. The molecule has 0 aliphatic carbocycles. The third kappa shape index (κ3) is 5.51. The first-order valence-corrected chi connectivity index (χ1v) is 11.2. The highest BCUT2D eigenvalue weighted by Gasteiger charge is 2.16. The summed E-state index contributed by atoms with van der Waals surface area (Å²) in [5.41, 5.74) is 4.94. The van der Waals surface area contributed by atoms with Gasteiger partial charge >= 0.3 is 0 Å². The monoisotopic (exact) mass is 422 g/mol. The number of carbonyl (C=O) groups excluding carboxylic acids is 1. The summed E-state index contributed by atoms with van der Waals surface area (Å²) >= 11 is 1.40. The number of hydrogen-bond donors (Lipinski definition) is 1. The van der Waals surface area contributed by atoms with Gasteiger partial charge in [-0.05, 0) is 35.4 Å². The number of aryl methyl sites for hydroxylation is 1. The lowest BCUT2D eigenvalue weighted by Crippen LogP contribution is -2.27. The van der Waals surface area contributed by atoms with Gasteiger partial charge in [0.2, 0.25) is 5.91 Å². The zero-order valence-corrected chi connectivity index (χ0v) is 19.2. The number of benzene rings is 2. The molecule has 5 nitrogen and oxygen atoms in total. The van der Waals surface area contributed by atoms with Crippen LogP contribution in [0.3, 0.4) is 0 Å². The highest BCUT2D eigenvalue weighted by Crippen LogP contribution is 2.27. The maximum atomic E-state index is 12.2. The highest BCUT2D eigenvalue weighted by molar-refractivity contribution is 7.99. The lowest BCUT2D eigenvalue weighted by Gasteiger charge is -2.19. The fourth-order valence-electron chi connectivity index (χ4n) is 3.22. The van der Waals surface area contributed by atoms with Gasteiger partial charge in [0.05, 0.1) is 5.75 Å². The largest absolute Gasteiger partial charge is 0.355 e. The Bertz CT molecular complexity index is 1000. The van der Waals surface area contributed by atoms with Crippen molar-refractivity contribution in [1.82, 2.24) is 20.1 Å². The van der Waals surface area contributed by atoms with Crippen molar-refractivity contribution in [2.75, 3.05) is 12.3 Å². The number of thioether (sulfide) groups is 1. The molecule has 3 rings (SSSR count). The number of hydrogen-bond acceptors (Lipinski definition) is 4. The molecule has 0 unspecified atom stereocenters. The maximum Gasteiger partial charge on any atom is 0.230 e. The van der Waals surface area contributed by atoms with Crippen LogP contribution >= 0.6 is 11.8 Å². The van der Waals surface area contributed by atoms with Gasteiger partial charge in [0.25, 0.3) is 0 Å². The molecular formula is C24H30N4OS. The van der Waals surface area contributed by atoms with Crippen LogP contribution in [0.1, 0.15) is 37.5 Å². The van der Waals surface area contributed by atoms with E-state index in [1.54, 1.807) is 0 Å². The van der Waals surface area contributed by atoms with Crippen molar-refractivity contribution in [3.8, 4) is 11.4 Å². The predicted octanol–water partition coefficient (Wildman–Crippen LogP) is 4.54. The first kappa shape index (κ1) is 22.1. The second-order valence-corrected chi connectivity index (χ2v) is 9.45. The summed E-state index contributed by atoms with van der Waals surface area (Å²) in [6.07, 6.45) is 0.835. The zero-order valence-electron chi connectivity index (χ0n) is 18.4. The molecular weight excluding hydrogens is 392 g/mol. The third-order valence-corrected chi connectivity index (χ3v) is 6.17. The molecule has 1 N–H and O–H groups in total. The number of nitrogens with one attached hydrogen (secondary N) is 1. The van der Waals surface area contributed by atoms with Crippen molar-refractivity contribution in [3.63, 3.8) is 0 Å². The normalized spacial score (nSPS) is 11.5. The lowest BCUT2D eigenvalue weighted by molar-refractivity contribution is -0.118. The van der Waals surface area contributed by atoms with Crippen LogP contribution in [0.25, 0.3) is 11.4 Å². The van der Waals surface area contributed by atoms with Crippen LogP contribution in [0.2, 0.25) is 0 Å². The van der Waals surface area contributed by atoms with E-state index in [-0.39, 0.29) is 11.3 Å². The Morgan fingerprint density at radius 3 is 2.43 bits per heavy atom. The highest BCUT2D eigenvalue weighted by atomic mass is 32.2. The van der Waals surface area contributed by atoms with Gasteiger partial charge in [0.15, 0.2) is 11.0 Å². The lowest BCUT2D eigenvalue weighted by atomic mass is 9.87. The molecule has 3 aromatic rings. The van der Waals surface area contributed by atoms with Gasteiger partial charge in [-0.25, -0.2) is 0 Å². The molecule has 1 amide bonds. The molecule has 0 spiro atoms. The van der Waals surface area contributed by atoms with Gasteiger partial charge in [-0.1, -0.05) is 81.1 Å². The van der Waals surface area contributed by atoms with E-state index in [2.05, 4.69) is 79.6 Å². The maximum absolute atomic E-state index is 12.2. The fraction of sp³-hybridized carbons (Fsp3) is 0.375. The minimum atomic E-state index is 0.00710. The number of nitrogens with zero attached hydrogens (tertiary/aromatic N) is 3. The van der Waals surface area contributed by atoms with Crippen LogP contribution in [0.5, 0.6) is 0 Å². The molecule has 30 heavy (non-hydrogen) atoms. The van der Waals surface area contributed by atoms with E-state index in [0.29, 0.717) is 12.3 Å². The second-order valence-electron chi connectivity index (χ2n) is 8.51. The van der Waals surface area contributed by atoms with Gasteiger partial charge in [-0.3, -0.25) is 4.79 Å². The fourth-order valence-corrected chi connectivity index (χ4v) is 3.96. The number of amides is 1. The number of carbonyl (C=O) groups is 1. The van der Waals surface area contributed by atoms with E-state index in [1.165, 1.54) is 28.5 Å². The van der Waals surface area contributed by atoms with E-state index in [9.17, 15) is 4.79 Å². The van der Waals surface area contributed by atoms with Gasteiger partial charge in [0, 0.05) is 19.2 Å². The summed E-state index contributed by atoms with van der Waals surface area (Å²) in [6, 6.07) is 16.7. The molecule has 158 valence electrons. The first-order chi connectivity index (χ1) is 14.3. The Morgan fingerprint density at radius 2 is 1.77 bits per heavy atom. The van der Waals surface area contributed by atoms with Crippen LogP contribution < -0.4 is 5.32 Å². The molecule has 0 atom stereocenters. The quantitative estimate of drug-likeness (QED) is 0.568. The van der Waals surface area contributed by atoms with E-state index in [0.717, 1.165) is 23.0 Å². The Morgan fingerprint density at radius 1 is 1.07 bits per heavy atom. The molecule has 0 radical (unpaired) electrons. The summed E-state index contributed by atoms with van der Waals surface area (Å²) < 4.78 is 1.94. The molecule has 6 heteroatoms. The summed E-state index contributed by atoms with van der Waals surface area (Å²) in [7, 11) is 1.94. The van der Waals surface area contributed by atoms with Gasteiger partial charge in [-0.15, -0.1) is 10.2 Å². The van der Waals surface area contributed by atoms with Crippen molar-refractivity contribution in [2.45, 2.75) is 44.7 Å². The van der Waals surface area contributed by atoms with Crippen LogP contribution in [0.4, 0.5) is 0 Å².